The minimum Gasteiger partial charge on any atom is -0.379 e. The largest absolute Gasteiger partial charge is 0.379 e. The van der Waals surface area contributed by atoms with Crippen LogP contribution in [0.2, 0.25) is 0 Å². The summed E-state index contributed by atoms with van der Waals surface area (Å²) in [5.41, 5.74) is 4.27. The van der Waals surface area contributed by atoms with Gasteiger partial charge in [-0.2, -0.15) is 0 Å². The van der Waals surface area contributed by atoms with Crippen molar-refractivity contribution in [2.75, 3.05) is 38.6 Å². The van der Waals surface area contributed by atoms with E-state index in [1.165, 1.54) is 5.56 Å². The molecule has 1 aliphatic rings. The third-order valence-electron chi connectivity index (χ3n) is 4.79. The summed E-state index contributed by atoms with van der Waals surface area (Å²) in [4.78, 5) is 7.18. The third kappa shape index (κ3) is 3.36. The van der Waals surface area contributed by atoms with E-state index in [1.807, 2.05) is 7.05 Å². The van der Waals surface area contributed by atoms with Gasteiger partial charge >= 0.3 is 0 Å². The summed E-state index contributed by atoms with van der Waals surface area (Å²) in [5, 5.41) is 10.7. The molecule has 1 aromatic carbocycles. The maximum Gasteiger partial charge on any atom is 0.211 e. The van der Waals surface area contributed by atoms with Gasteiger partial charge < -0.3 is 9.30 Å². The lowest BCUT2D eigenvalue weighted by Crippen LogP contribution is -2.37. The molecule has 0 unspecified atom stereocenters. The molecule has 1 fully saturated rings. The summed E-state index contributed by atoms with van der Waals surface area (Å²) < 4.78 is 7.50. The lowest BCUT2D eigenvalue weighted by atomic mass is 10.1. The monoisotopic (exact) mass is 357 g/mol. The highest BCUT2D eigenvalue weighted by Gasteiger charge is 2.14. The number of benzene rings is 1. The normalized spacial score (nSPS) is 16.1. The van der Waals surface area contributed by atoms with E-state index >= 15 is 0 Å². The Bertz CT molecular complexity index is 888. The molecule has 0 bridgehead atoms. The van der Waals surface area contributed by atoms with Gasteiger partial charge in [0, 0.05) is 37.8 Å². The van der Waals surface area contributed by atoms with Crippen LogP contribution < -0.4 is 0 Å². The number of thioether (sulfide) groups is 1. The van der Waals surface area contributed by atoms with Gasteiger partial charge in [0.15, 0.2) is 5.65 Å². The molecule has 2 aromatic heterocycles. The molecule has 25 heavy (non-hydrogen) atoms. The van der Waals surface area contributed by atoms with Crippen molar-refractivity contribution >= 4 is 33.8 Å². The molecule has 7 heteroatoms. The second-order valence-electron chi connectivity index (χ2n) is 6.33. The van der Waals surface area contributed by atoms with Crippen LogP contribution in [0.15, 0.2) is 23.4 Å². The number of hydrogen-bond donors (Lipinski definition) is 0. The number of hydrogen-bond acceptors (Lipinski definition) is 6. The maximum absolute atomic E-state index is 5.39. The van der Waals surface area contributed by atoms with Crippen LogP contribution in [0.3, 0.4) is 0 Å². The van der Waals surface area contributed by atoms with Gasteiger partial charge in [-0.15, -0.1) is 10.2 Å². The van der Waals surface area contributed by atoms with Crippen LogP contribution in [0.4, 0.5) is 0 Å². The van der Waals surface area contributed by atoms with E-state index in [0.29, 0.717) is 0 Å². The number of morpholine rings is 1. The fraction of sp³-hybridized carbons (Fsp3) is 0.500. The fourth-order valence-corrected chi connectivity index (χ4v) is 4.04. The lowest BCUT2D eigenvalue weighted by Gasteiger charge is -2.26. The van der Waals surface area contributed by atoms with E-state index in [4.69, 9.17) is 9.72 Å². The van der Waals surface area contributed by atoms with Gasteiger partial charge in [-0.3, -0.25) is 4.90 Å². The van der Waals surface area contributed by atoms with Crippen LogP contribution in [-0.2, 0) is 18.2 Å². The average Bonchev–Trinajstić information content (AvgIpc) is 2.94. The Morgan fingerprint density at radius 3 is 2.84 bits per heavy atom. The van der Waals surface area contributed by atoms with E-state index in [0.717, 1.165) is 72.2 Å². The summed E-state index contributed by atoms with van der Waals surface area (Å²) in [7, 11) is 2.05. The molecule has 132 valence electrons. The Balaban J connectivity index is 1.55. The Morgan fingerprint density at radius 1 is 1.20 bits per heavy atom. The molecule has 4 rings (SSSR count). The summed E-state index contributed by atoms with van der Waals surface area (Å²) >= 11 is 1.67. The second-order valence-corrected chi connectivity index (χ2v) is 7.40. The molecule has 0 saturated carbocycles. The first kappa shape index (κ1) is 16.8. The Hall–Kier alpha value is -1.70. The van der Waals surface area contributed by atoms with Gasteiger partial charge in [0.05, 0.1) is 18.7 Å². The Kier molecular flexibility index (Phi) is 4.87. The highest BCUT2D eigenvalue weighted by Crippen LogP contribution is 2.27. The van der Waals surface area contributed by atoms with Crippen molar-refractivity contribution in [3.63, 3.8) is 0 Å². The first-order valence-electron chi connectivity index (χ1n) is 8.81. The lowest BCUT2D eigenvalue weighted by molar-refractivity contribution is 0.0410. The van der Waals surface area contributed by atoms with Gasteiger partial charge in [-0.05, 0) is 24.1 Å². The number of rotatable bonds is 5. The molecule has 0 spiro atoms. The van der Waals surface area contributed by atoms with Gasteiger partial charge in [-0.25, -0.2) is 4.98 Å². The van der Waals surface area contributed by atoms with Crippen molar-refractivity contribution in [2.45, 2.75) is 18.5 Å². The first-order valence-corrected chi connectivity index (χ1v) is 9.79. The van der Waals surface area contributed by atoms with Crippen molar-refractivity contribution in [1.82, 2.24) is 24.6 Å². The van der Waals surface area contributed by atoms with E-state index in [9.17, 15) is 0 Å². The van der Waals surface area contributed by atoms with E-state index in [1.54, 1.807) is 11.8 Å². The van der Waals surface area contributed by atoms with Gasteiger partial charge in [0.25, 0.3) is 0 Å². The minimum atomic E-state index is 0.752. The molecule has 3 heterocycles. The standard InChI is InChI=1S/C18H23N5OS/c1-3-13-4-5-15-14(12-13)16-17(22(15)2)19-18(21-20-16)25-11-8-23-6-9-24-10-7-23/h4-5,12H,3,6-11H2,1-2H3. The number of nitrogens with zero attached hydrogens (tertiary/aromatic N) is 5. The van der Waals surface area contributed by atoms with Gasteiger partial charge in [0.1, 0.15) is 5.52 Å². The third-order valence-corrected chi connectivity index (χ3v) is 5.61. The SMILES string of the molecule is CCc1ccc2c(c1)c1nnc(SCCN3CCOCC3)nc1n2C. The number of aromatic nitrogens is 4. The number of aryl methyl sites for hydroxylation is 2. The van der Waals surface area contributed by atoms with E-state index in [-0.39, 0.29) is 0 Å². The molecule has 1 aliphatic heterocycles. The van der Waals surface area contributed by atoms with Crippen LogP contribution in [0.25, 0.3) is 22.1 Å². The van der Waals surface area contributed by atoms with Crippen LogP contribution in [0.5, 0.6) is 0 Å². The topological polar surface area (TPSA) is 56.1 Å². The van der Waals surface area contributed by atoms with Crippen LogP contribution in [-0.4, -0.2) is 63.2 Å². The summed E-state index contributed by atoms with van der Waals surface area (Å²) in [6.07, 6.45) is 1.02. The quantitative estimate of drug-likeness (QED) is 0.654. The molecule has 0 amide bonds. The van der Waals surface area contributed by atoms with Crippen LogP contribution in [0.1, 0.15) is 12.5 Å². The van der Waals surface area contributed by atoms with Crippen LogP contribution in [0, 0.1) is 0 Å². The van der Waals surface area contributed by atoms with Gasteiger partial charge in [-0.1, -0.05) is 24.8 Å². The zero-order valence-corrected chi connectivity index (χ0v) is 15.6. The maximum atomic E-state index is 5.39. The molecular formula is C18H23N5OS. The molecule has 0 N–H and O–H groups in total. The van der Waals surface area contributed by atoms with Crippen molar-refractivity contribution in [3.05, 3.63) is 23.8 Å². The van der Waals surface area contributed by atoms with Crippen molar-refractivity contribution in [2.24, 2.45) is 7.05 Å². The Labute approximate surface area is 151 Å². The minimum absolute atomic E-state index is 0.752. The van der Waals surface area contributed by atoms with Crippen molar-refractivity contribution in [3.8, 4) is 0 Å². The van der Waals surface area contributed by atoms with E-state index < -0.39 is 0 Å². The predicted molar refractivity (Wildman–Crippen MR) is 101 cm³/mol. The Morgan fingerprint density at radius 2 is 2.04 bits per heavy atom. The molecular weight excluding hydrogens is 334 g/mol. The summed E-state index contributed by atoms with van der Waals surface area (Å²) in [6.45, 7) is 6.90. The van der Waals surface area contributed by atoms with Crippen LogP contribution >= 0.6 is 11.8 Å². The predicted octanol–water partition coefficient (Wildman–Crippen LogP) is 2.50. The number of ether oxygens (including phenoxy) is 1. The molecule has 3 aromatic rings. The molecule has 0 radical (unpaired) electrons. The summed E-state index contributed by atoms with van der Waals surface area (Å²) in [5.74, 6) is 0.969. The molecule has 0 atom stereocenters. The second kappa shape index (κ2) is 7.27. The fourth-order valence-electron chi connectivity index (χ4n) is 3.26. The molecule has 6 nitrogen and oxygen atoms in total. The molecule has 0 aliphatic carbocycles. The first-order chi connectivity index (χ1) is 12.3. The van der Waals surface area contributed by atoms with Crippen molar-refractivity contribution in [1.29, 1.82) is 0 Å². The van der Waals surface area contributed by atoms with E-state index in [2.05, 4.69) is 44.8 Å². The average molecular weight is 357 g/mol. The zero-order chi connectivity index (χ0) is 17.2. The highest BCUT2D eigenvalue weighted by atomic mass is 32.2. The highest BCUT2D eigenvalue weighted by molar-refractivity contribution is 7.99. The molecule has 1 saturated heterocycles. The summed E-state index contributed by atoms with van der Waals surface area (Å²) in [6, 6.07) is 6.54. The van der Waals surface area contributed by atoms with Crippen molar-refractivity contribution < 1.29 is 4.74 Å². The van der Waals surface area contributed by atoms with Gasteiger partial charge in [0.2, 0.25) is 5.16 Å². The zero-order valence-electron chi connectivity index (χ0n) is 14.7. The number of fused-ring (bicyclic) bond motifs is 3. The smallest absolute Gasteiger partial charge is 0.211 e.